The summed E-state index contributed by atoms with van der Waals surface area (Å²) < 4.78 is 5.45. The second-order valence-electron chi connectivity index (χ2n) is 6.02. The van der Waals surface area contributed by atoms with Gasteiger partial charge in [-0.3, -0.25) is 4.79 Å². The Hall–Kier alpha value is -3.01. The lowest BCUT2D eigenvalue weighted by molar-refractivity contribution is 0.0651. The number of amides is 1. The van der Waals surface area contributed by atoms with E-state index < -0.39 is 0 Å². The fourth-order valence-electron chi connectivity index (χ4n) is 3.04. The first-order valence-corrected chi connectivity index (χ1v) is 7.98. The summed E-state index contributed by atoms with van der Waals surface area (Å²) in [5.41, 5.74) is 3.80. The molecule has 0 saturated heterocycles. The first-order valence-electron chi connectivity index (χ1n) is 7.98. The maximum absolute atomic E-state index is 13.0. The Morgan fingerprint density at radius 3 is 2.58 bits per heavy atom. The minimum atomic E-state index is -0.224. The predicted molar refractivity (Wildman–Crippen MR) is 92.6 cm³/mol. The summed E-state index contributed by atoms with van der Waals surface area (Å²) in [6.07, 6.45) is 1.41. The largest absolute Gasteiger partial charge is 0.467 e. The first kappa shape index (κ1) is 14.6. The van der Waals surface area contributed by atoms with Crippen molar-refractivity contribution in [3.05, 3.63) is 89.4 Å². The summed E-state index contributed by atoms with van der Waals surface area (Å²) in [5.74, 6) is 0.771. The molecule has 0 fully saturated rings. The third kappa shape index (κ3) is 2.56. The van der Waals surface area contributed by atoms with Gasteiger partial charge in [0.15, 0.2) is 0 Å². The zero-order chi connectivity index (χ0) is 16.5. The SMILES string of the molecule is Cc1ccc([C@@H]2Nc3ccccc3C(=O)N2Cc2ccco2)cc1. The van der Waals surface area contributed by atoms with Crippen LogP contribution in [0.4, 0.5) is 5.69 Å². The average molecular weight is 318 g/mol. The number of nitrogens with one attached hydrogen (secondary N) is 1. The lowest BCUT2D eigenvalue weighted by Crippen LogP contribution is -2.42. The van der Waals surface area contributed by atoms with Gasteiger partial charge in [-0.1, -0.05) is 42.0 Å². The number of anilines is 1. The highest BCUT2D eigenvalue weighted by Gasteiger charge is 2.33. The van der Waals surface area contributed by atoms with E-state index in [9.17, 15) is 4.79 Å². The Morgan fingerprint density at radius 2 is 1.83 bits per heavy atom. The summed E-state index contributed by atoms with van der Waals surface area (Å²) in [7, 11) is 0. The minimum Gasteiger partial charge on any atom is -0.467 e. The van der Waals surface area contributed by atoms with Gasteiger partial charge in [0.1, 0.15) is 11.9 Å². The lowest BCUT2D eigenvalue weighted by atomic mass is 10.0. The van der Waals surface area contributed by atoms with Gasteiger partial charge >= 0.3 is 0 Å². The molecule has 4 heteroatoms. The molecule has 24 heavy (non-hydrogen) atoms. The van der Waals surface area contributed by atoms with Crippen LogP contribution in [0.5, 0.6) is 0 Å². The summed E-state index contributed by atoms with van der Waals surface area (Å²) in [6, 6.07) is 19.6. The number of carbonyl (C=O) groups excluding carboxylic acids is 1. The number of fused-ring (bicyclic) bond motifs is 1. The van der Waals surface area contributed by atoms with Crippen molar-refractivity contribution in [2.45, 2.75) is 19.6 Å². The summed E-state index contributed by atoms with van der Waals surface area (Å²) in [5, 5.41) is 3.49. The topological polar surface area (TPSA) is 45.5 Å². The highest BCUT2D eigenvalue weighted by Crippen LogP contribution is 2.34. The standard InChI is InChI=1S/C20H18N2O2/c1-14-8-10-15(11-9-14)19-21-18-7-3-2-6-17(18)20(23)22(19)13-16-5-4-12-24-16/h2-12,19,21H,13H2,1H3/t19-/m1/s1. The van der Waals surface area contributed by atoms with Crippen LogP contribution in [0, 0.1) is 6.92 Å². The molecule has 1 atom stereocenters. The van der Waals surface area contributed by atoms with Gasteiger partial charge in [0.05, 0.1) is 18.4 Å². The fourth-order valence-corrected chi connectivity index (χ4v) is 3.04. The van der Waals surface area contributed by atoms with Crippen LogP contribution >= 0.6 is 0 Å². The van der Waals surface area contributed by atoms with Crippen molar-refractivity contribution in [3.8, 4) is 0 Å². The molecular formula is C20H18N2O2. The summed E-state index contributed by atoms with van der Waals surface area (Å²) >= 11 is 0. The van der Waals surface area contributed by atoms with Crippen LogP contribution in [-0.4, -0.2) is 10.8 Å². The number of hydrogen-bond donors (Lipinski definition) is 1. The third-order valence-electron chi connectivity index (χ3n) is 4.32. The molecule has 3 aromatic rings. The van der Waals surface area contributed by atoms with Crippen LogP contribution in [0.25, 0.3) is 0 Å². The van der Waals surface area contributed by atoms with Gasteiger partial charge in [-0.2, -0.15) is 0 Å². The van der Waals surface area contributed by atoms with Crippen molar-refractivity contribution in [3.63, 3.8) is 0 Å². The minimum absolute atomic E-state index is 0.00586. The van der Waals surface area contributed by atoms with Crippen LogP contribution in [-0.2, 0) is 6.54 Å². The molecule has 0 spiro atoms. The van der Waals surface area contributed by atoms with E-state index in [0.29, 0.717) is 12.1 Å². The molecule has 0 bridgehead atoms. The summed E-state index contributed by atoms with van der Waals surface area (Å²) in [6.45, 7) is 2.48. The predicted octanol–water partition coefficient (Wildman–Crippen LogP) is 4.35. The second-order valence-corrected chi connectivity index (χ2v) is 6.02. The molecule has 1 amide bonds. The smallest absolute Gasteiger partial charge is 0.258 e. The van der Waals surface area contributed by atoms with E-state index >= 15 is 0 Å². The van der Waals surface area contributed by atoms with Crippen LogP contribution in [0.3, 0.4) is 0 Å². The van der Waals surface area contributed by atoms with Crippen molar-refractivity contribution < 1.29 is 9.21 Å². The quantitative estimate of drug-likeness (QED) is 0.780. The van der Waals surface area contributed by atoms with Crippen LogP contribution < -0.4 is 5.32 Å². The van der Waals surface area contributed by atoms with E-state index in [-0.39, 0.29) is 12.1 Å². The number of furan rings is 1. The highest BCUT2D eigenvalue weighted by molar-refractivity contribution is 6.01. The van der Waals surface area contributed by atoms with E-state index in [1.807, 2.05) is 41.3 Å². The van der Waals surface area contributed by atoms with Gasteiger partial charge in [0.25, 0.3) is 5.91 Å². The number of carbonyl (C=O) groups is 1. The Labute approximate surface area is 140 Å². The molecule has 1 N–H and O–H groups in total. The van der Waals surface area contributed by atoms with Crippen molar-refractivity contribution in [1.29, 1.82) is 0 Å². The molecule has 120 valence electrons. The van der Waals surface area contributed by atoms with Crippen molar-refractivity contribution in [1.82, 2.24) is 4.90 Å². The monoisotopic (exact) mass is 318 g/mol. The lowest BCUT2D eigenvalue weighted by Gasteiger charge is -2.37. The van der Waals surface area contributed by atoms with Crippen molar-refractivity contribution >= 4 is 11.6 Å². The highest BCUT2D eigenvalue weighted by atomic mass is 16.3. The molecule has 0 saturated carbocycles. The van der Waals surface area contributed by atoms with Crippen molar-refractivity contribution in [2.75, 3.05) is 5.32 Å². The Bertz CT molecular complexity index is 854. The first-order chi connectivity index (χ1) is 11.7. The molecule has 4 rings (SSSR count). The normalized spacial score (nSPS) is 16.6. The van der Waals surface area contributed by atoms with E-state index in [4.69, 9.17) is 4.42 Å². The second kappa shape index (κ2) is 5.89. The average Bonchev–Trinajstić information content (AvgIpc) is 3.11. The molecular weight excluding hydrogens is 300 g/mol. The molecule has 1 aliphatic rings. The molecule has 2 aromatic carbocycles. The fraction of sp³-hybridized carbons (Fsp3) is 0.150. The number of para-hydroxylation sites is 1. The van der Waals surface area contributed by atoms with Gasteiger partial charge in [-0.15, -0.1) is 0 Å². The maximum Gasteiger partial charge on any atom is 0.258 e. The molecule has 1 aromatic heterocycles. The molecule has 2 heterocycles. The van der Waals surface area contributed by atoms with Gasteiger partial charge in [0.2, 0.25) is 0 Å². The third-order valence-corrected chi connectivity index (χ3v) is 4.32. The molecule has 0 radical (unpaired) electrons. The van der Waals surface area contributed by atoms with Crippen LogP contribution in [0.1, 0.15) is 33.4 Å². The van der Waals surface area contributed by atoms with Crippen LogP contribution in [0.2, 0.25) is 0 Å². The molecule has 4 nitrogen and oxygen atoms in total. The number of hydrogen-bond acceptors (Lipinski definition) is 3. The van der Waals surface area contributed by atoms with E-state index in [1.54, 1.807) is 6.26 Å². The van der Waals surface area contributed by atoms with E-state index in [0.717, 1.165) is 17.0 Å². The van der Waals surface area contributed by atoms with Gasteiger partial charge in [-0.05, 0) is 36.8 Å². The number of benzene rings is 2. The molecule has 1 aliphatic heterocycles. The number of aryl methyl sites for hydroxylation is 1. The number of rotatable bonds is 3. The Balaban J connectivity index is 1.76. The zero-order valence-electron chi connectivity index (χ0n) is 13.4. The Kier molecular flexibility index (Phi) is 3.58. The maximum atomic E-state index is 13.0. The Morgan fingerprint density at radius 1 is 1.04 bits per heavy atom. The zero-order valence-corrected chi connectivity index (χ0v) is 13.4. The van der Waals surface area contributed by atoms with Crippen molar-refractivity contribution in [2.24, 2.45) is 0 Å². The van der Waals surface area contributed by atoms with Gasteiger partial charge in [-0.25, -0.2) is 0 Å². The van der Waals surface area contributed by atoms with E-state index in [2.05, 4.69) is 36.5 Å². The summed E-state index contributed by atoms with van der Waals surface area (Å²) in [4.78, 5) is 14.8. The van der Waals surface area contributed by atoms with Crippen LogP contribution in [0.15, 0.2) is 71.3 Å². The van der Waals surface area contributed by atoms with E-state index in [1.165, 1.54) is 5.56 Å². The molecule has 0 unspecified atom stereocenters. The van der Waals surface area contributed by atoms with Gasteiger partial charge < -0.3 is 14.6 Å². The molecule has 0 aliphatic carbocycles. The number of nitrogens with zero attached hydrogens (tertiary/aromatic N) is 1. The van der Waals surface area contributed by atoms with Gasteiger partial charge in [0, 0.05) is 5.69 Å².